The quantitative estimate of drug-likeness (QED) is 0.819. The van der Waals surface area contributed by atoms with E-state index in [9.17, 15) is 0 Å². The number of nitrogens with zero attached hydrogens (tertiary/aromatic N) is 3. The van der Waals surface area contributed by atoms with Crippen LogP contribution in [0.15, 0.2) is 9.85 Å². The van der Waals surface area contributed by atoms with Gasteiger partial charge in [0.05, 0.1) is 28.1 Å². The third-order valence-corrected chi connectivity index (χ3v) is 4.95. The van der Waals surface area contributed by atoms with E-state index in [1.54, 1.807) is 11.3 Å². The maximum absolute atomic E-state index is 4.64. The molecule has 2 heterocycles. The van der Waals surface area contributed by atoms with E-state index in [2.05, 4.69) is 50.6 Å². The first kappa shape index (κ1) is 14.7. The predicted octanol–water partition coefficient (Wildman–Crippen LogP) is 3.27. The zero-order chi connectivity index (χ0) is 13.8. The average Bonchev–Trinajstić information content (AvgIpc) is 2.92. The summed E-state index contributed by atoms with van der Waals surface area (Å²) < 4.78 is 3.09. The highest BCUT2D eigenvalue weighted by atomic mass is 79.9. The second-order valence-corrected chi connectivity index (χ2v) is 6.29. The Balaban J connectivity index is 2.01. The molecule has 0 aliphatic heterocycles. The van der Waals surface area contributed by atoms with Crippen molar-refractivity contribution >= 4 is 27.3 Å². The summed E-state index contributed by atoms with van der Waals surface area (Å²) in [5.74, 6) is 0. The fourth-order valence-electron chi connectivity index (χ4n) is 1.86. The summed E-state index contributed by atoms with van der Waals surface area (Å²) in [6.07, 6.45) is 1.15. The van der Waals surface area contributed by atoms with Crippen molar-refractivity contribution < 1.29 is 0 Å². The molecule has 2 aromatic rings. The number of aryl methyl sites for hydroxylation is 1. The summed E-state index contributed by atoms with van der Waals surface area (Å²) in [5.41, 5.74) is 3.25. The van der Waals surface area contributed by atoms with Gasteiger partial charge in [-0.15, -0.1) is 11.3 Å². The van der Waals surface area contributed by atoms with E-state index in [1.165, 1.54) is 0 Å². The van der Waals surface area contributed by atoms with Crippen molar-refractivity contribution in [3.63, 3.8) is 0 Å². The van der Waals surface area contributed by atoms with E-state index < -0.39 is 0 Å². The Morgan fingerprint density at radius 2 is 2.21 bits per heavy atom. The number of thiazole rings is 1. The maximum Gasteiger partial charge on any atom is 0.107 e. The maximum atomic E-state index is 4.64. The molecular weight excluding hydrogens is 324 g/mol. The molecule has 2 aromatic heterocycles. The minimum Gasteiger partial charge on any atom is -0.310 e. The summed E-state index contributed by atoms with van der Waals surface area (Å²) in [6.45, 7) is 8.89. The standard InChI is InChI=1S/C13H19BrN4S/c1-4-5-15-6-12-16-11(8-19-12)7-18-10(3)13(14)9(2)17-18/h8,15H,4-7H2,1-3H3. The molecule has 4 nitrogen and oxygen atoms in total. The molecule has 0 bridgehead atoms. The molecule has 0 fully saturated rings. The number of aromatic nitrogens is 3. The topological polar surface area (TPSA) is 42.7 Å². The first-order chi connectivity index (χ1) is 9.11. The first-order valence-electron chi connectivity index (χ1n) is 6.45. The van der Waals surface area contributed by atoms with Crippen LogP contribution in [0.5, 0.6) is 0 Å². The Morgan fingerprint density at radius 1 is 1.42 bits per heavy atom. The van der Waals surface area contributed by atoms with Crippen LogP contribution < -0.4 is 5.32 Å². The van der Waals surface area contributed by atoms with Gasteiger partial charge in [-0.1, -0.05) is 6.92 Å². The van der Waals surface area contributed by atoms with Gasteiger partial charge < -0.3 is 5.32 Å². The molecule has 0 aliphatic rings. The fourth-order valence-corrected chi connectivity index (χ4v) is 2.90. The Morgan fingerprint density at radius 3 is 2.84 bits per heavy atom. The Labute approximate surface area is 126 Å². The molecule has 19 heavy (non-hydrogen) atoms. The zero-order valence-corrected chi connectivity index (χ0v) is 13.9. The molecule has 0 saturated carbocycles. The van der Waals surface area contributed by atoms with E-state index in [1.807, 2.05) is 11.6 Å². The predicted molar refractivity (Wildman–Crippen MR) is 82.6 cm³/mol. The number of hydrogen-bond donors (Lipinski definition) is 1. The van der Waals surface area contributed by atoms with Crippen molar-refractivity contribution in [3.05, 3.63) is 31.9 Å². The molecule has 0 spiro atoms. The van der Waals surface area contributed by atoms with Gasteiger partial charge in [0.2, 0.25) is 0 Å². The third kappa shape index (κ3) is 3.64. The zero-order valence-electron chi connectivity index (χ0n) is 11.5. The molecule has 0 saturated heterocycles. The first-order valence-corrected chi connectivity index (χ1v) is 8.12. The van der Waals surface area contributed by atoms with Gasteiger partial charge in [0.1, 0.15) is 5.01 Å². The lowest BCUT2D eigenvalue weighted by Gasteiger charge is -2.01. The van der Waals surface area contributed by atoms with Crippen molar-refractivity contribution in [2.24, 2.45) is 0 Å². The van der Waals surface area contributed by atoms with Gasteiger partial charge in [0.25, 0.3) is 0 Å². The molecule has 0 aliphatic carbocycles. The van der Waals surface area contributed by atoms with Gasteiger partial charge in [-0.25, -0.2) is 4.98 Å². The molecule has 2 rings (SSSR count). The van der Waals surface area contributed by atoms with E-state index >= 15 is 0 Å². The lowest BCUT2D eigenvalue weighted by Crippen LogP contribution is -2.13. The second-order valence-electron chi connectivity index (χ2n) is 4.55. The molecule has 0 radical (unpaired) electrons. The van der Waals surface area contributed by atoms with Gasteiger partial charge in [-0.05, 0) is 42.7 Å². The summed E-state index contributed by atoms with van der Waals surface area (Å²) in [7, 11) is 0. The van der Waals surface area contributed by atoms with Crippen LogP contribution in [-0.2, 0) is 13.1 Å². The molecule has 104 valence electrons. The van der Waals surface area contributed by atoms with Crippen LogP contribution in [0.4, 0.5) is 0 Å². The Bertz CT molecular complexity index is 547. The third-order valence-electron chi connectivity index (χ3n) is 2.91. The summed E-state index contributed by atoms with van der Waals surface area (Å²) in [6, 6.07) is 0. The van der Waals surface area contributed by atoms with Gasteiger partial charge in [0.15, 0.2) is 0 Å². The summed E-state index contributed by atoms with van der Waals surface area (Å²) in [4.78, 5) is 4.64. The minimum absolute atomic E-state index is 0.739. The average molecular weight is 343 g/mol. The van der Waals surface area contributed by atoms with E-state index in [-0.39, 0.29) is 0 Å². The molecule has 0 amide bonds. The van der Waals surface area contributed by atoms with Crippen LogP contribution in [0.3, 0.4) is 0 Å². The molecule has 1 N–H and O–H groups in total. The highest BCUT2D eigenvalue weighted by Crippen LogP contribution is 2.21. The van der Waals surface area contributed by atoms with E-state index in [0.29, 0.717) is 0 Å². The highest BCUT2D eigenvalue weighted by Gasteiger charge is 2.10. The van der Waals surface area contributed by atoms with Crippen LogP contribution in [0, 0.1) is 13.8 Å². The van der Waals surface area contributed by atoms with Gasteiger partial charge in [-0.3, -0.25) is 4.68 Å². The highest BCUT2D eigenvalue weighted by molar-refractivity contribution is 9.10. The molecule has 0 aromatic carbocycles. The van der Waals surface area contributed by atoms with Crippen molar-refractivity contribution in [1.29, 1.82) is 0 Å². The van der Waals surface area contributed by atoms with Crippen LogP contribution >= 0.6 is 27.3 Å². The van der Waals surface area contributed by atoms with Crippen molar-refractivity contribution in [2.45, 2.75) is 40.3 Å². The second kappa shape index (κ2) is 6.63. The number of nitrogens with one attached hydrogen (secondary N) is 1. The van der Waals surface area contributed by atoms with Crippen LogP contribution in [-0.4, -0.2) is 21.3 Å². The van der Waals surface area contributed by atoms with Crippen LogP contribution in [0.1, 0.15) is 35.4 Å². The van der Waals surface area contributed by atoms with Gasteiger partial charge in [0, 0.05) is 11.9 Å². The molecular formula is C13H19BrN4S. The molecule has 6 heteroatoms. The van der Waals surface area contributed by atoms with Crippen LogP contribution in [0.25, 0.3) is 0 Å². The number of halogens is 1. The van der Waals surface area contributed by atoms with E-state index in [0.717, 1.165) is 52.6 Å². The van der Waals surface area contributed by atoms with Crippen molar-refractivity contribution in [3.8, 4) is 0 Å². The van der Waals surface area contributed by atoms with Gasteiger partial charge >= 0.3 is 0 Å². The normalized spacial score (nSPS) is 11.2. The fraction of sp³-hybridized carbons (Fsp3) is 0.538. The lowest BCUT2D eigenvalue weighted by molar-refractivity contribution is 0.640. The van der Waals surface area contributed by atoms with Crippen molar-refractivity contribution in [1.82, 2.24) is 20.1 Å². The monoisotopic (exact) mass is 342 g/mol. The summed E-state index contributed by atoms with van der Waals surface area (Å²) >= 11 is 5.26. The molecule has 0 atom stereocenters. The van der Waals surface area contributed by atoms with Gasteiger partial charge in [-0.2, -0.15) is 5.10 Å². The number of rotatable bonds is 6. The smallest absolute Gasteiger partial charge is 0.107 e. The largest absolute Gasteiger partial charge is 0.310 e. The summed E-state index contributed by atoms with van der Waals surface area (Å²) in [5, 5.41) is 11.1. The Hall–Kier alpha value is -0.720. The van der Waals surface area contributed by atoms with E-state index in [4.69, 9.17) is 0 Å². The van der Waals surface area contributed by atoms with Crippen molar-refractivity contribution in [2.75, 3.05) is 6.54 Å². The Kier molecular flexibility index (Phi) is 5.13. The molecule has 0 unspecified atom stereocenters. The minimum atomic E-state index is 0.739. The lowest BCUT2D eigenvalue weighted by atomic mass is 10.4. The SMILES string of the molecule is CCCNCc1nc(Cn2nc(C)c(Br)c2C)cs1. The number of hydrogen-bond acceptors (Lipinski definition) is 4. The van der Waals surface area contributed by atoms with Crippen LogP contribution in [0.2, 0.25) is 0 Å².